The molecule has 0 saturated heterocycles. The Morgan fingerprint density at radius 2 is 1.69 bits per heavy atom. The number of hydrogen-bond donors (Lipinski definition) is 2. The normalized spacial score (nSPS) is 10.7. The number of hydrogen-bond acceptors (Lipinski definition) is 6. The van der Waals surface area contributed by atoms with E-state index in [2.05, 4.69) is 20.8 Å². The highest BCUT2D eigenvalue weighted by Crippen LogP contribution is 2.24. The molecule has 9 heteroatoms. The molecule has 3 rings (SSSR count). The predicted octanol–water partition coefficient (Wildman–Crippen LogP) is 3.26. The van der Waals surface area contributed by atoms with Crippen molar-refractivity contribution in [2.45, 2.75) is 25.9 Å². The summed E-state index contributed by atoms with van der Waals surface area (Å²) in [6.45, 7) is 5.82. The number of ether oxygens (including phenoxy) is 1. The number of anilines is 1. The molecule has 0 atom stereocenters. The molecule has 1 aromatic heterocycles. The first-order valence-corrected chi connectivity index (χ1v) is 11.1. The Morgan fingerprint density at radius 3 is 2.31 bits per heavy atom. The Bertz CT molecular complexity index is 1100. The van der Waals surface area contributed by atoms with Crippen molar-refractivity contribution in [3.63, 3.8) is 0 Å². The highest BCUT2D eigenvalue weighted by Gasteiger charge is 2.14. The van der Waals surface area contributed by atoms with Gasteiger partial charge in [-0.25, -0.2) is 0 Å². The number of amides is 2. The molecule has 168 valence electrons. The molecule has 2 N–H and O–H groups in total. The lowest BCUT2D eigenvalue weighted by Gasteiger charge is -2.13. The first kappa shape index (κ1) is 23.3. The van der Waals surface area contributed by atoms with Crippen LogP contribution in [0.1, 0.15) is 16.7 Å². The number of methoxy groups -OCH3 is 1. The minimum Gasteiger partial charge on any atom is -0.497 e. The molecule has 0 fully saturated rings. The number of carbonyl (C=O) groups is 2. The summed E-state index contributed by atoms with van der Waals surface area (Å²) in [7, 11) is 3.46. The van der Waals surface area contributed by atoms with Crippen LogP contribution in [0.15, 0.2) is 41.6 Å². The van der Waals surface area contributed by atoms with Gasteiger partial charge in [-0.1, -0.05) is 29.5 Å². The topological polar surface area (TPSA) is 98.1 Å². The van der Waals surface area contributed by atoms with Crippen LogP contribution in [-0.2, 0) is 16.6 Å². The van der Waals surface area contributed by atoms with Crippen LogP contribution >= 0.6 is 11.8 Å². The Balaban J connectivity index is 1.51. The van der Waals surface area contributed by atoms with Gasteiger partial charge in [0.2, 0.25) is 11.8 Å². The third-order valence-corrected chi connectivity index (χ3v) is 5.92. The molecule has 1 heterocycles. The maximum Gasteiger partial charge on any atom is 0.243 e. The maximum atomic E-state index is 12.3. The monoisotopic (exact) mass is 453 g/mol. The van der Waals surface area contributed by atoms with E-state index in [1.54, 1.807) is 7.11 Å². The molecule has 0 radical (unpaired) electrons. The highest BCUT2D eigenvalue weighted by molar-refractivity contribution is 7.99. The van der Waals surface area contributed by atoms with Crippen LogP contribution < -0.4 is 15.4 Å². The lowest BCUT2D eigenvalue weighted by molar-refractivity contribution is -0.122. The van der Waals surface area contributed by atoms with E-state index in [0.717, 1.165) is 33.7 Å². The van der Waals surface area contributed by atoms with Gasteiger partial charge in [0.05, 0.1) is 19.4 Å². The van der Waals surface area contributed by atoms with Gasteiger partial charge in [0.25, 0.3) is 0 Å². The third-order valence-electron chi connectivity index (χ3n) is 4.90. The summed E-state index contributed by atoms with van der Waals surface area (Å²) < 4.78 is 7.00. The smallest absolute Gasteiger partial charge is 0.243 e. The summed E-state index contributed by atoms with van der Waals surface area (Å²) in [4.78, 5) is 24.5. The van der Waals surface area contributed by atoms with Crippen molar-refractivity contribution >= 4 is 29.3 Å². The van der Waals surface area contributed by atoms with Crippen molar-refractivity contribution in [3.05, 3.63) is 53.1 Å². The van der Waals surface area contributed by atoms with Crippen LogP contribution in [0.2, 0.25) is 0 Å². The van der Waals surface area contributed by atoms with Crippen molar-refractivity contribution in [3.8, 4) is 17.1 Å². The second kappa shape index (κ2) is 10.3. The van der Waals surface area contributed by atoms with Gasteiger partial charge in [0.1, 0.15) is 5.75 Å². The van der Waals surface area contributed by atoms with Crippen LogP contribution in [0.5, 0.6) is 5.75 Å². The van der Waals surface area contributed by atoms with Gasteiger partial charge in [0.15, 0.2) is 11.0 Å². The fourth-order valence-corrected chi connectivity index (χ4v) is 4.09. The summed E-state index contributed by atoms with van der Waals surface area (Å²) in [5, 5.41) is 14.5. The number of carbonyl (C=O) groups excluding carboxylic acids is 2. The van der Waals surface area contributed by atoms with Crippen molar-refractivity contribution in [1.82, 2.24) is 20.1 Å². The van der Waals surface area contributed by atoms with E-state index in [-0.39, 0.29) is 24.1 Å². The molecule has 2 amide bonds. The lowest BCUT2D eigenvalue weighted by Crippen LogP contribution is -2.34. The average molecular weight is 454 g/mol. The number of nitrogens with one attached hydrogen (secondary N) is 2. The zero-order valence-corrected chi connectivity index (χ0v) is 19.7. The zero-order chi connectivity index (χ0) is 23.3. The number of aryl methyl sites for hydroxylation is 3. The number of thioether (sulfide) groups is 1. The Kier molecular flexibility index (Phi) is 7.53. The minimum absolute atomic E-state index is 0.0952. The average Bonchev–Trinajstić information content (AvgIpc) is 3.13. The van der Waals surface area contributed by atoms with Gasteiger partial charge in [-0.05, 0) is 56.2 Å². The van der Waals surface area contributed by atoms with Crippen molar-refractivity contribution in [2.75, 3.05) is 24.7 Å². The summed E-state index contributed by atoms with van der Waals surface area (Å²) in [6.07, 6.45) is 0. The summed E-state index contributed by atoms with van der Waals surface area (Å²) in [5.41, 5.74) is 4.81. The Labute approximate surface area is 191 Å². The fraction of sp³-hybridized carbons (Fsp3) is 0.304. The molecule has 0 saturated carbocycles. The number of aromatic nitrogens is 3. The maximum absolute atomic E-state index is 12.3. The van der Waals surface area contributed by atoms with E-state index >= 15 is 0 Å². The van der Waals surface area contributed by atoms with Crippen molar-refractivity contribution < 1.29 is 14.3 Å². The number of nitrogens with zero attached hydrogens (tertiary/aromatic N) is 3. The van der Waals surface area contributed by atoms with Gasteiger partial charge in [-0.3, -0.25) is 9.59 Å². The van der Waals surface area contributed by atoms with Crippen molar-refractivity contribution in [1.29, 1.82) is 0 Å². The Hall–Kier alpha value is -3.33. The zero-order valence-electron chi connectivity index (χ0n) is 18.9. The van der Waals surface area contributed by atoms with E-state index in [4.69, 9.17) is 4.74 Å². The van der Waals surface area contributed by atoms with Crippen LogP contribution in [0.25, 0.3) is 11.4 Å². The van der Waals surface area contributed by atoms with Gasteiger partial charge < -0.3 is 19.9 Å². The third kappa shape index (κ3) is 5.67. The molecule has 0 aliphatic carbocycles. The predicted molar refractivity (Wildman–Crippen MR) is 126 cm³/mol. The quantitative estimate of drug-likeness (QED) is 0.508. The lowest BCUT2D eigenvalue weighted by atomic mass is 10.1. The molecule has 0 aliphatic rings. The molecule has 0 spiro atoms. The van der Waals surface area contributed by atoms with Crippen LogP contribution in [0, 0.1) is 20.8 Å². The number of benzene rings is 2. The van der Waals surface area contributed by atoms with E-state index in [0.29, 0.717) is 11.0 Å². The molecular weight excluding hydrogens is 426 g/mol. The standard InChI is InChI=1S/C23H27N5O3S/c1-14-10-15(2)21(16(3)11-14)25-19(29)12-24-20(30)13-32-23-27-26-22(28(23)4)17-6-8-18(31-5)9-7-17/h6-11H,12-13H2,1-5H3,(H,24,30)(H,25,29). The van der Waals surface area contributed by atoms with Crippen molar-refractivity contribution in [2.24, 2.45) is 7.05 Å². The van der Waals surface area contributed by atoms with Gasteiger partial charge in [-0.2, -0.15) is 0 Å². The van der Waals surface area contributed by atoms with E-state index in [1.165, 1.54) is 11.8 Å². The largest absolute Gasteiger partial charge is 0.497 e. The SMILES string of the molecule is COc1ccc(-c2nnc(SCC(=O)NCC(=O)Nc3c(C)cc(C)cc3C)n2C)cc1. The highest BCUT2D eigenvalue weighted by atomic mass is 32.2. The Morgan fingerprint density at radius 1 is 1.03 bits per heavy atom. The van der Waals surface area contributed by atoms with Gasteiger partial charge >= 0.3 is 0 Å². The van der Waals surface area contributed by atoms with E-state index < -0.39 is 0 Å². The van der Waals surface area contributed by atoms with E-state index in [9.17, 15) is 9.59 Å². The molecule has 0 unspecified atom stereocenters. The molecule has 2 aromatic carbocycles. The molecule has 32 heavy (non-hydrogen) atoms. The van der Waals surface area contributed by atoms with E-state index in [1.807, 2.05) is 68.8 Å². The molecule has 3 aromatic rings. The van der Waals surface area contributed by atoms with Crippen LogP contribution in [-0.4, -0.2) is 46.0 Å². The van der Waals surface area contributed by atoms with Crippen LogP contribution in [0.4, 0.5) is 5.69 Å². The second-order valence-electron chi connectivity index (χ2n) is 7.48. The summed E-state index contributed by atoms with van der Waals surface area (Å²) in [5.74, 6) is 1.07. The molecule has 0 aliphatic heterocycles. The summed E-state index contributed by atoms with van der Waals surface area (Å²) >= 11 is 1.26. The van der Waals surface area contributed by atoms with Gasteiger partial charge in [-0.15, -0.1) is 10.2 Å². The summed E-state index contributed by atoms with van der Waals surface area (Å²) in [6, 6.07) is 11.5. The molecular formula is C23H27N5O3S. The van der Waals surface area contributed by atoms with Crippen LogP contribution in [0.3, 0.4) is 0 Å². The first-order chi connectivity index (χ1) is 15.3. The molecule has 8 nitrogen and oxygen atoms in total. The van der Waals surface area contributed by atoms with Gasteiger partial charge in [0, 0.05) is 18.3 Å². The number of rotatable bonds is 8. The minimum atomic E-state index is -0.265. The fourth-order valence-electron chi connectivity index (χ4n) is 3.35. The first-order valence-electron chi connectivity index (χ1n) is 10.1. The molecule has 0 bridgehead atoms. The second-order valence-corrected chi connectivity index (χ2v) is 8.42.